The molecule has 1 aliphatic heterocycles. The van der Waals surface area contributed by atoms with E-state index < -0.39 is 10.8 Å². The van der Waals surface area contributed by atoms with Crippen molar-refractivity contribution in [2.75, 3.05) is 40.0 Å². The van der Waals surface area contributed by atoms with Crippen molar-refractivity contribution in [1.29, 1.82) is 0 Å². The Morgan fingerprint density at radius 2 is 1.97 bits per heavy atom. The van der Waals surface area contributed by atoms with Gasteiger partial charge in [-0.25, -0.2) is 0 Å². The van der Waals surface area contributed by atoms with Crippen LogP contribution in [-0.4, -0.2) is 66.4 Å². The van der Waals surface area contributed by atoms with E-state index in [0.29, 0.717) is 23.3 Å². The fourth-order valence-electron chi connectivity index (χ4n) is 5.17. The van der Waals surface area contributed by atoms with Gasteiger partial charge in [-0.05, 0) is 69.3 Å². The maximum absolute atomic E-state index is 12.3. The first-order valence-corrected chi connectivity index (χ1v) is 13.1. The van der Waals surface area contributed by atoms with Gasteiger partial charge in [0.05, 0.1) is 7.11 Å². The molecule has 32 heavy (non-hydrogen) atoms. The Morgan fingerprint density at radius 1 is 1.22 bits per heavy atom. The van der Waals surface area contributed by atoms with Gasteiger partial charge in [0.2, 0.25) is 0 Å². The fraction of sp³-hybridized carbons (Fsp3) is 0.708. The number of hydrogen-bond donors (Lipinski definition) is 2. The molecule has 1 aromatic carbocycles. The SMILES string of the molecule is CCS(=O)C1CCCC(NC(=NC)NCC2CCCN(C)C2c2ccc(OC)cc2)C1.I. The summed E-state index contributed by atoms with van der Waals surface area (Å²) in [5.74, 6) is 3.04. The van der Waals surface area contributed by atoms with Gasteiger partial charge >= 0.3 is 0 Å². The summed E-state index contributed by atoms with van der Waals surface area (Å²) >= 11 is 0. The number of halogens is 1. The smallest absolute Gasteiger partial charge is 0.191 e. The Labute approximate surface area is 213 Å². The average Bonchev–Trinajstić information content (AvgIpc) is 2.81. The highest BCUT2D eigenvalue weighted by Gasteiger charge is 2.31. The Balaban J connectivity index is 0.00000363. The quantitative estimate of drug-likeness (QED) is 0.293. The van der Waals surface area contributed by atoms with Gasteiger partial charge in [-0.2, -0.15) is 0 Å². The molecule has 1 heterocycles. The number of ether oxygens (including phenoxy) is 1. The van der Waals surface area contributed by atoms with Crippen LogP contribution in [0.4, 0.5) is 0 Å². The second-order valence-corrected chi connectivity index (χ2v) is 10.9. The molecule has 2 N–H and O–H groups in total. The van der Waals surface area contributed by atoms with Gasteiger partial charge in [0, 0.05) is 47.5 Å². The first kappa shape index (κ1) is 27.4. The second kappa shape index (κ2) is 13.7. The van der Waals surface area contributed by atoms with Crippen molar-refractivity contribution in [3.05, 3.63) is 29.8 Å². The third kappa shape index (κ3) is 7.32. The Morgan fingerprint density at radius 3 is 2.62 bits per heavy atom. The molecule has 0 aromatic heterocycles. The number of aliphatic imine (C=N–C) groups is 1. The summed E-state index contributed by atoms with van der Waals surface area (Å²) < 4.78 is 17.6. The van der Waals surface area contributed by atoms with E-state index in [4.69, 9.17) is 4.74 Å². The molecule has 6 nitrogen and oxygen atoms in total. The topological polar surface area (TPSA) is 66.0 Å². The van der Waals surface area contributed by atoms with Gasteiger partial charge in [0.25, 0.3) is 0 Å². The van der Waals surface area contributed by atoms with Crippen LogP contribution in [-0.2, 0) is 10.8 Å². The zero-order valence-corrected chi connectivity index (χ0v) is 23.2. The fourth-order valence-corrected chi connectivity index (χ4v) is 6.52. The lowest BCUT2D eigenvalue weighted by Gasteiger charge is -2.40. The molecule has 5 unspecified atom stereocenters. The number of likely N-dealkylation sites (tertiary alicyclic amines) is 1. The van der Waals surface area contributed by atoms with Crippen LogP contribution in [0.5, 0.6) is 5.75 Å². The van der Waals surface area contributed by atoms with E-state index in [1.165, 1.54) is 18.4 Å². The molecule has 2 aliphatic rings. The van der Waals surface area contributed by atoms with Crippen LogP contribution in [0.2, 0.25) is 0 Å². The van der Waals surface area contributed by atoms with Gasteiger partial charge < -0.3 is 15.4 Å². The van der Waals surface area contributed by atoms with Gasteiger partial charge in [-0.1, -0.05) is 25.5 Å². The lowest BCUT2D eigenvalue weighted by atomic mass is 9.85. The number of hydrogen-bond acceptors (Lipinski definition) is 4. The zero-order chi connectivity index (χ0) is 22.2. The van der Waals surface area contributed by atoms with Gasteiger partial charge in [0.15, 0.2) is 5.96 Å². The number of nitrogens with one attached hydrogen (secondary N) is 2. The molecule has 182 valence electrons. The Hall–Kier alpha value is -0.870. The van der Waals surface area contributed by atoms with E-state index in [1.54, 1.807) is 7.11 Å². The molecular weight excluding hydrogens is 535 g/mol. The number of methoxy groups -OCH3 is 1. The number of benzene rings is 1. The highest BCUT2D eigenvalue weighted by atomic mass is 127. The van der Waals surface area contributed by atoms with E-state index >= 15 is 0 Å². The number of guanidine groups is 1. The molecule has 1 aromatic rings. The molecule has 1 saturated heterocycles. The lowest BCUT2D eigenvalue weighted by Crippen LogP contribution is -2.49. The van der Waals surface area contributed by atoms with E-state index in [9.17, 15) is 4.21 Å². The molecule has 1 aliphatic carbocycles. The van der Waals surface area contributed by atoms with Crippen LogP contribution < -0.4 is 15.4 Å². The standard InChI is InChI=1S/C24H40N4O2S.HI/c1-5-31(29)22-10-6-9-20(16-22)27-24(25-2)26-17-19-8-7-15-28(3)23(19)18-11-13-21(30-4)14-12-18;/h11-14,19-20,22-23H,5-10,15-17H2,1-4H3,(H2,25,26,27);1H. The molecule has 5 atom stereocenters. The van der Waals surface area contributed by atoms with E-state index in [0.717, 1.165) is 56.2 Å². The summed E-state index contributed by atoms with van der Waals surface area (Å²) in [6, 6.07) is 9.25. The Kier molecular flexibility index (Phi) is 11.8. The summed E-state index contributed by atoms with van der Waals surface area (Å²) in [5.41, 5.74) is 1.34. The molecule has 0 radical (unpaired) electrons. The monoisotopic (exact) mass is 576 g/mol. The van der Waals surface area contributed by atoms with Crippen molar-refractivity contribution >= 4 is 40.7 Å². The largest absolute Gasteiger partial charge is 0.497 e. The van der Waals surface area contributed by atoms with Crippen LogP contribution in [0.3, 0.4) is 0 Å². The van der Waals surface area contributed by atoms with E-state index in [2.05, 4.69) is 51.8 Å². The number of rotatable bonds is 7. The van der Waals surface area contributed by atoms with Crippen molar-refractivity contribution in [3.63, 3.8) is 0 Å². The summed E-state index contributed by atoms with van der Waals surface area (Å²) in [4.78, 5) is 6.96. The summed E-state index contributed by atoms with van der Waals surface area (Å²) in [6.45, 7) is 4.03. The minimum absolute atomic E-state index is 0. The molecule has 8 heteroatoms. The maximum atomic E-state index is 12.3. The van der Waals surface area contributed by atoms with Crippen LogP contribution in [0.1, 0.15) is 57.1 Å². The van der Waals surface area contributed by atoms with E-state index in [1.807, 2.05) is 14.0 Å². The van der Waals surface area contributed by atoms with Crippen molar-refractivity contribution in [2.45, 2.75) is 62.8 Å². The molecule has 0 spiro atoms. The van der Waals surface area contributed by atoms with Crippen LogP contribution >= 0.6 is 24.0 Å². The molecular formula is C24H41IN4O2S. The third-order valence-electron chi connectivity index (χ3n) is 6.84. The third-order valence-corrected chi connectivity index (χ3v) is 8.58. The van der Waals surface area contributed by atoms with E-state index in [-0.39, 0.29) is 24.0 Å². The summed E-state index contributed by atoms with van der Waals surface area (Å²) in [5, 5.41) is 7.53. The Bertz CT molecular complexity index is 746. The lowest BCUT2D eigenvalue weighted by molar-refractivity contribution is 0.122. The zero-order valence-electron chi connectivity index (χ0n) is 20.0. The molecule has 2 fully saturated rings. The molecule has 3 rings (SSSR count). The van der Waals surface area contributed by atoms with Crippen molar-refractivity contribution < 1.29 is 8.95 Å². The summed E-state index contributed by atoms with van der Waals surface area (Å²) in [6.07, 6.45) is 6.74. The normalized spacial score (nSPS) is 27.8. The molecule has 0 bridgehead atoms. The van der Waals surface area contributed by atoms with Gasteiger partial charge in [-0.3, -0.25) is 14.1 Å². The van der Waals surface area contributed by atoms with Crippen molar-refractivity contribution in [1.82, 2.24) is 15.5 Å². The predicted octanol–water partition coefficient (Wildman–Crippen LogP) is 3.94. The van der Waals surface area contributed by atoms with Crippen molar-refractivity contribution in [3.8, 4) is 5.75 Å². The second-order valence-electron chi connectivity index (χ2n) is 8.85. The first-order chi connectivity index (χ1) is 15.0. The summed E-state index contributed by atoms with van der Waals surface area (Å²) in [7, 11) is 5.07. The average molecular weight is 577 g/mol. The first-order valence-electron chi connectivity index (χ1n) is 11.7. The minimum atomic E-state index is -0.706. The maximum Gasteiger partial charge on any atom is 0.191 e. The molecule has 0 amide bonds. The number of nitrogens with zero attached hydrogens (tertiary/aromatic N) is 2. The van der Waals surface area contributed by atoms with Gasteiger partial charge in [-0.15, -0.1) is 24.0 Å². The highest BCUT2D eigenvalue weighted by Crippen LogP contribution is 2.35. The van der Waals surface area contributed by atoms with Gasteiger partial charge in [0.1, 0.15) is 5.75 Å². The molecule has 1 saturated carbocycles. The van der Waals surface area contributed by atoms with Crippen molar-refractivity contribution in [2.24, 2.45) is 10.9 Å². The van der Waals surface area contributed by atoms with Crippen LogP contribution in [0.15, 0.2) is 29.3 Å². The van der Waals surface area contributed by atoms with Crippen LogP contribution in [0, 0.1) is 5.92 Å². The van der Waals surface area contributed by atoms with Crippen LogP contribution in [0.25, 0.3) is 0 Å². The highest BCUT2D eigenvalue weighted by molar-refractivity contribution is 14.0. The number of piperidine rings is 1. The minimum Gasteiger partial charge on any atom is -0.497 e. The predicted molar refractivity (Wildman–Crippen MR) is 146 cm³/mol.